The Bertz CT molecular complexity index is 467. The van der Waals surface area contributed by atoms with Gasteiger partial charge < -0.3 is 14.4 Å². The fraction of sp³-hybridized carbons (Fsp3) is 0.538. The topological polar surface area (TPSA) is 58.4 Å². The molecule has 3 heterocycles. The number of hydrogen-bond donors (Lipinski definition) is 0. The van der Waals surface area contributed by atoms with Crippen molar-refractivity contribution in [1.29, 1.82) is 5.26 Å². The van der Waals surface area contributed by atoms with Crippen LogP contribution in [0.4, 0.5) is 5.69 Å². The number of ether oxygens (including phenoxy) is 2. The number of nitriles is 1. The molecule has 94 valence electrons. The second-order valence-electron chi connectivity index (χ2n) is 4.58. The zero-order chi connectivity index (χ0) is 12.4. The van der Waals surface area contributed by atoms with Crippen molar-refractivity contribution in [3.8, 4) is 6.07 Å². The number of piperidine rings is 1. The first-order valence-electron chi connectivity index (χ1n) is 6.21. The van der Waals surface area contributed by atoms with Crippen LogP contribution in [-0.2, 0) is 9.47 Å². The van der Waals surface area contributed by atoms with E-state index in [1.165, 1.54) is 0 Å². The summed E-state index contributed by atoms with van der Waals surface area (Å²) in [5.41, 5.74) is 1.40. The summed E-state index contributed by atoms with van der Waals surface area (Å²) >= 11 is 0. The molecule has 0 N–H and O–H groups in total. The molecule has 0 amide bonds. The monoisotopic (exact) mass is 245 g/mol. The maximum Gasteiger partial charge on any atom is 0.171 e. The van der Waals surface area contributed by atoms with Gasteiger partial charge in [-0.15, -0.1) is 0 Å². The third kappa shape index (κ3) is 1.94. The SMILES string of the molecule is N#Cc1ncccc1N1CCC2(CC1)OCCO2. The fourth-order valence-electron chi connectivity index (χ4n) is 2.61. The van der Waals surface area contributed by atoms with E-state index in [9.17, 15) is 0 Å². The summed E-state index contributed by atoms with van der Waals surface area (Å²) in [7, 11) is 0. The van der Waals surface area contributed by atoms with Crippen molar-refractivity contribution in [2.24, 2.45) is 0 Å². The van der Waals surface area contributed by atoms with Gasteiger partial charge in [-0.2, -0.15) is 5.26 Å². The summed E-state index contributed by atoms with van der Waals surface area (Å²) in [6.45, 7) is 3.05. The van der Waals surface area contributed by atoms with Gasteiger partial charge in [0.15, 0.2) is 11.5 Å². The number of aromatic nitrogens is 1. The van der Waals surface area contributed by atoms with Gasteiger partial charge in [0.05, 0.1) is 18.9 Å². The van der Waals surface area contributed by atoms with Crippen molar-refractivity contribution in [3.05, 3.63) is 24.0 Å². The van der Waals surface area contributed by atoms with E-state index in [-0.39, 0.29) is 5.79 Å². The molecular formula is C13H15N3O2. The summed E-state index contributed by atoms with van der Waals surface area (Å²) < 4.78 is 11.4. The predicted molar refractivity (Wildman–Crippen MR) is 65.0 cm³/mol. The van der Waals surface area contributed by atoms with Gasteiger partial charge >= 0.3 is 0 Å². The smallest absolute Gasteiger partial charge is 0.171 e. The lowest BCUT2D eigenvalue weighted by atomic mass is 10.0. The molecule has 0 unspecified atom stereocenters. The molecule has 18 heavy (non-hydrogen) atoms. The minimum atomic E-state index is -0.370. The molecule has 5 nitrogen and oxygen atoms in total. The summed E-state index contributed by atoms with van der Waals surface area (Å²) in [5.74, 6) is -0.370. The minimum Gasteiger partial charge on any atom is -0.369 e. The van der Waals surface area contributed by atoms with Crippen LogP contribution in [0.25, 0.3) is 0 Å². The van der Waals surface area contributed by atoms with Crippen molar-refractivity contribution >= 4 is 5.69 Å². The van der Waals surface area contributed by atoms with Crippen molar-refractivity contribution in [2.45, 2.75) is 18.6 Å². The summed E-state index contributed by atoms with van der Waals surface area (Å²) in [6.07, 6.45) is 3.33. The van der Waals surface area contributed by atoms with Gasteiger partial charge in [0, 0.05) is 32.1 Å². The van der Waals surface area contributed by atoms with Crippen molar-refractivity contribution < 1.29 is 9.47 Å². The summed E-state index contributed by atoms with van der Waals surface area (Å²) in [5, 5.41) is 9.07. The Hall–Kier alpha value is -1.64. The highest BCUT2D eigenvalue weighted by atomic mass is 16.7. The molecule has 2 aliphatic rings. The van der Waals surface area contributed by atoms with E-state index in [2.05, 4.69) is 16.0 Å². The number of hydrogen-bond acceptors (Lipinski definition) is 5. The van der Waals surface area contributed by atoms with E-state index in [4.69, 9.17) is 14.7 Å². The lowest BCUT2D eigenvalue weighted by Crippen LogP contribution is -2.45. The Morgan fingerprint density at radius 3 is 2.67 bits per heavy atom. The van der Waals surface area contributed by atoms with Gasteiger partial charge in [-0.3, -0.25) is 0 Å². The van der Waals surface area contributed by atoms with Crippen LogP contribution in [0.3, 0.4) is 0 Å². The molecule has 0 atom stereocenters. The number of anilines is 1. The number of rotatable bonds is 1. The fourth-order valence-corrected chi connectivity index (χ4v) is 2.61. The zero-order valence-electron chi connectivity index (χ0n) is 10.1. The molecular weight excluding hydrogens is 230 g/mol. The molecule has 1 spiro atoms. The van der Waals surface area contributed by atoms with Gasteiger partial charge in [-0.05, 0) is 12.1 Å². The van der Waals surface area contributed by atoms with Crippen molar-refractivity contribution in [3.63, 3.8) is 0 Å². The maximum atomic E-state index is 9.07. The molecule has 3 rings (SSSR count). The largest absolute Gasteiger partial charge is 0.369 e. The highest BCUT2D eigenvalue weighted by Gasteiger charge is 2.40. The number of nitrogens with zero attached hydrogens (tertiary/aromatic N) is 3. The van der Waals surface area contributed by atoms with Crippen LogP contribution in [-0.4, -0.2) is 37.1 Å². The van der Waals surface area contributed by atoms with E-state index in [0.717, 1.165) is 31.6 Å². The molecule has 5 heteroatoms. The first-order chi connectivity index (χ1) is 8.83. The standard InChI is InChI=1S/C13H15N3O2/c14-10-11-12(2-1-5-15-11)16-6-3-13(4-7-16)17-8-9-18-13/h1-2,5H,3-4,6-9H2. The summed E-state index contributed by atoms with van der Waals surface area (Å²) in [4.78, 5) is 6.28. The van der Waals surface area contributed by atoms with Crippen LogP contribution < -0.4 is 4.90 Å². The first kappa shape index (κ1) is 11.5. The second kappa shape index (κ2) is 4.56. The van der Waals surface area contributed by atoms with Gasteiger partial charge in [0.1, 0.15) is 6.07 Å². The molecule has 1 aromatic rings. The van der Waals surface area contributed by atoms with Crippen LogP contribution in [0.2, 0.25) is 0 Å². The molecule has 2 fully saturated rings. The van der Waals surface area contributed by atoms with Crippen molar-refractivity contribution in [1.82, 2.24) is 4.98 Å². The average molecular weight is 245 g/mol. The maximum absolute atomic E-state index is 9.07. The third-order valence-electron chi connectivity index (χ3n) is 3.57. The Labute approximate surface area is 106 Å². The average Bonchev–Trinajstić information content (AvgIpc) is 2.88. The Morgan fingerprint density at radius 2 is 2.00 bits per heavy atom. The lowest BCUT2D eigenvalue weighted by molar-refractivity contribution is -0.169. The third-order valence-corrected chi connectivity index (χ3v) is 3.57. The highest BCUT2D eigenvalue weighted by Crippen LogP contribution is 2.33. The van der Waals surface area contributed by atoms with E-state index >= 15 is 0 Å². The molecule has 0 radical (unpaired) electrons. The van der Waals surface area contributed by atoms with Gasteiger partial charge in [0.2, 0.25) is 0 Å². The molecule has 0 bridgehead atoms. The minimum absolute atomic E-state index is 0.370. The van der Waals surface area contributed by atoms with E-state index in [1.54, 1.807) is 6.20 Å². The second-order valence-corrected chi connectivity index (χ2v) is 4.58. The van der Waals surface area contributed by atoms with E-state index in [1.807, 2.05) is 12.1 Å². The van der Waals surface area contributed by atoms with Crippen LogP contribution in [0.1, 0.15) is 18.5 Å². The van der Waals surface area contributed by atoms with Gasteiger partial charge in [0.25, 0.3) is 0 Å². The molecule has 2 saturated heterocycles. The first-order valence-corrected chi connectivity index (χ1v) is 6.21. The van der Waals surface area contributed by atoms with Gasteiger partial charge in [-0.25, -0.2) is 4.98 Å². The summed E-state index contributed by atoms with van der Waals surface area (Å²) in [6, 6.07) is 5.95. The Balaban J connectivity index is 1.74. The van der Waals surface area contributed by atoms with Crippen LogP contribution >= 0.6 is 0 Å². The predicted octanol–water partition coefficient (Wildman–Crippen LogP) is 1.30. The number of pyridine rings is 1. The Kier molecular flexibility index (Phi) is 2.90. The van der Waals surface area contributed by atoms with Gasteiger partial charge in [-0.1, -0.05) is 0 Å². The molecule has 0 saturated carbocycles. The van der Waals surface area contributed by atoms with Crippen LogP contribution in [0, 0.1) is 11.3 Å². The Morgan fingerprint density at radius 1 is 1.28 bits per heavy atom. The normalized spacial score (nSPS) is 22.1. The molecule has 0 aliphatic carbocycles. The quantitative estimate of drug-likeness (QED) is 0.746. The van der Waals surface area contributed by atoms with Crippen LogP contribution in [0.15, 0.2) is 18.3 Å². The highest BCUT2D eigenvalue weighted by molar-refractivity contribution is 5.55. The van der Waals surface area contributed by atoms with Crippen molar-refractivity contribution in [2.75, 3.05) is 31.2 Å². The van der Waals surface area contributed by atoms with E-state index in [0.29, 0.717) is 18.9 Å². The lowest BCUT2D eigenvalue weighted by Gasteiger charge is -2.38. The van der Waals surface area contributed by atoms with Crippen LogP contribution in [0.5, 0.6) is 0 Å². The zero-order valence-corrected chi connectivity index (χ0v) is 10.1. The van der Waals surface area contributed by atoms with E-state index < -0.39 is 0 Å². The molecule has 1 aromatic heterocycles. The molecule has 2 aliphatic heterocycles. The molecule has 0 aromatic carbocycles.